The van der Waals surface area contributed by atoms with E-state index < -0.39 is 28.6 Å². The number of hydrogen-bond acceptors (Lipinski definition) is 5. The van der Waals surface area contributed by atoms with Crippen LogP contribution >= 0.6 is 0 Å². The summed E-state index contributed by atoms with van der Waals surface area (Å²) in [7, 11) is 0. The predicted octanol–water partition coefficient (Wildman–Crippen LogP) is 1.25. The van der Waals surface area contributed by atoms with Crippen molar-refractivity contribution in [3.05, 3.63) is 63.1 Å². The van der Waals surface area contributed by atoms with Crippen LogP contribution in [0.3, 0.4) is 0 Å². The van der Waals surface area contributed by atoms with Gasteiger partial charge in [0.25, 0.3) is 5.91 Å². The van der Waals surface area contributed by atoms with Gasteiger partial charge in [-0.05, 0) is 18.9 Å². The van der Waals surface area contributed by atoms with Crippen LogP contribution in [0.25, 0.3) is 0 Å². The molecule has 0 bridgehead atoms. The van der Waals surface area contributed by atoms with E-state index in [1.54, 1.807) is 4.90 Å². The molecule has 1 atom stereocenters. The number of carbonyl (C=O) groups is 2. The summed E-state index contributed by atoms with van der Waals surface area (Å²) in [5.74, 6) is -2.67. The van der Waals surface area contributed by atoms with Crippen LogP contribution in [0, 0.1) is 6.92 Å². The second-order valence-corrected chi connectivity index (χ2v) is 7.32. The van der Waals surface area contributed by atoms with Gasteiger partial charge in [-0.3, -0.25) is 14.5 Å². The number of fused-ring (bicyclic) bond motifs is 2. The molecule has 8 heteroatoms. The van der Waals surface area contributed by atoms with Gasteiger partial charge in [-0.2, -0.15) is 0 Å². The summed E-state index contributed by atoms with van der Waals surface area (Å²) >= 11 is 0. The highest BCUT2D eigenvalue weighted by Crippen LogP contribution is 2.28. The van der Waals surface area contributed by atoms with E-state index in [2.05, 4.69) is 17.0 Å². The fourth-order valence-corrected chi connectivity index (χ4v) is 3.99. The van der Waals surface area contributed by atoms with E-state index in [1.807, 2.05) is 19.1 Å². The molecule has 1 aromatic carbocycles. The average Bonchev–Trinajstić information content (AvgIpc) is 2.67. The molecule has 0 radical (unpaired) electrons. The molecule has 2 aliphatic heterocycles. The van der Waals surface area contributed by atoms with Crippen LogP contribution in [0.5, 0.6) is 5.75 Å². The summed E-state index contributed by atoms with van der Waals surface area (Å²) in [6.07, 6.45) is 1.68. The molecule has 1 saturated heterocycles. The van der Waals surface area contributed by atoms with Gasteiger partial charge < -0.3 is 19.7 Å². The van der Waals surface area contributed by atoms with Gasteiger partial charge in [0.15, 0.2) is 11.4 Å². The molecule has 2 N–H and O–H groups in total. The van der Waals surface area contributed by atoms with Gasteiger partial charge in [-0.15, -0.1) is 0 Å². The number of pyridine rings is 1. The van der Waals surface area contributed by atoms with Crippen molar-refractivity contribution in [2.45, 2.75) is 32.6 Å². The summed E-state index contributed by atoms with van der Waals surface area (Å²) in [6, 6.07) is 8.19. The molecular formula is C20H21N3O5. The van der Waals surface area contributed by atoms with E-state index in [1.165, 1.54) is 10.1 Å². The highest BCUT2D eigenvalue weighted by molar-refractivity contribution is 5.97. The van der Waals surface area contributed by atoms with Crippen LogP contribution in [-0.2, 0) is 13.1 Å². The van der Waals surface area contributed by atoms with Crippen molar-refractivity contribution >= 4 is 11.9 Å². The van der Waals surface area contributed by atoms with Crippen LogP contribution in [0.1, 0.15) is 38.4 Å². The number of carboxylic acid groups (broad SMARTS) is 1. The molecular weight excluding hydrogens is 362 g/mol. The number of benzene rings is 1. The third-order valence-corrected chi connectivity index (χ3v) is 5.44. The predicted molar refractivity (Wildman–Crippen MR) is 100 cm³/mol. The Bertz CT molecular complexity index is 1010. The zero-order valence-electron chi connectivity index (χ0n) is 15.5. The molecule has 1 aromatic heterocycles. The second kappa shape index (κ2) is 6.79. The quantitative estimate of drug-likeness (QED) is 0.827. The lowest BCUT2D eigenvalue weighted by Crippen LogP contribution is -2.60. The maximum Gasteiger partial charge on any atom is 0.341 e. The highest BCUT2D eigenvalue weighted by atomic mass is 16.4. The minimum atomic E-state index is -1.43. The average molecular weight is 383 g/mol. The Labute approximate surface area is 161 Å². The molecule has 0 spiro atoms. The minimum absolute atomic E-state index is 0.136. The fraction of sp³-hybridized carbons (Fsp3) is 0.350. The third kappa shape index (κ3) is 2.95. The number of aryl methyl sites for hydroxylation is 1. The molecule has 1 amide bonds. The Balaban J connectivity index is 1.71. The highest BCUT2D eigenvalue weighted by Gasteiger charge is 2.40. The Morgan fingerprint density at radius 3 is 2.57 bits per heavy atom. The number of nitrogens with zero attached hydrogens (tertiary/aromatic N) is 3. The van der Waals surface area contributed by atoms with E-state index in [0.29, 0.717) is 19.6 Å². The number of carbonyl (C=O) groups excluding carboxylic acids is 1. The Morgan fingerprint density at radius 2 is 1.89 bits per heavy atom. The molecule has 0 aliphatic carbocycles. The third-order valence-electron chi connectivity index (χ3n) is 5.44. The first-order valence-corrected chi connectivity index (χ1v) is 9.17. The molecule has 146 valence electrons. The Kier molecular flexibility index (Phi) is 4.43. The van der Waals surface area contributed by atoms with Crippen LogP contribution in [0.4, 0.5) is 0 Å². The molecule has 0 saturated carbocycles. The molecule has 8 nitrogen and oxygen atoms in total. The van der Waals surface area contributed by atoms with Crippen LogP contribution < -0.4 is 5.43 Å². The monoisotopic (exact) mass is 383 g/mol. The molecule has 2 aromatic rings. The number of rotatable bonds is 3. The van der Waals surface area contributed by atoms with Gasteiger partial charge in [-0.1, -0.05) is 29.8 Å². The largest absolute Gasteiger partial charge is 0.503 e. The summed E-state index contributed by atoms with van der Waals surface area (Å²) in [6.45, 7) is 4.30. The van der Waals surface area contributed by atoms with E-state index in [4.69, 9.17) is 0 Å². The standard InChI is InChI=1S/C20H21N3O5/c1-12-3-5-13(6-4-12)9-21-7-2-8-23-15(21)11-22-10-14(20(27)28)17(24)18(25)16(22)19(23)26/h3-6,10,15,25H,2,7-9,11H2,1H3,(H,27,28). The van der Waals surface area contributed by atoms with Gasteiger partial charge >= 0.3 is 5.97 Å². The SMILES string of the molecule is Cc1ccc(CN2CCCN3C(=O)c4c(O)c(=O)c(C(=O)O)cn4CC23)cc1. The molecule has 1 fully saturated rings. The number of aromatic nitrogens is 1. The van der Waals surface area contributed by atoms with Crippen molar-refractivity contribution in [2.24, 2.45) is 0 Å². The summed E-state index contributed by atoms with van der Waals surface area (Å²) in [5, 5.41) is 19.4. The summed E-state index contributed by atoms with van der Waals surface area (Å²) < 4.78 is 1.40. The van der Waals surface area contributed by atoms with E-state index in [0.717, 1.165) is 24.7 Å². The molecule has 28 heavy (non-hydrogen) atoms. The number of amides is 1. The first-order valence-electron chi connectivity index (χ1n) is 9.17. The van der Waals surface area contributed by atoms with Crippen molar-refractivity contribution in [1.29, 1.82) is 0 Å². The fourth-order valence-electron chi connectivity index (χ4n) is 3.99. The van der Waals surface area contributed by atoms with Crippen molar-refractivity contribution in [1.82, 2.24) is 14.4 Å². The normalized spacial score (nSPS) is 19.2. The van der Waals surface area contributed by atoms with Crippen LogP contribution in [0.15, 0.2) is 35.3 Å². The molecule has 4 rings (SSSR count). The van der Waals surface area contributed by atoms with E-state index in [9.17, 15) is 24.6 Å². The van der Waals surface area contributed by atoms with Gasteiger partial charge in [-0.25, -0.2) is 4.79 Å². The smallest absolute Gasteiger partial charge is 0.341 e. The van der Waals surface area contributed by atoms with E-state index >= 15 is 0 Å². The zero-order chi connectivity index (χ0) is 20.0. The first kappa shape index (κ1) is 18.2. The number of aromatic carboxylic acids is 1. The van der Waals surface area contributed by atoms with E-state index in [-0.39, 0.29) is 11.9 Å². The van der Waals surface area contributed by atoms with Crippen LogP contribution in [-0.4, -0.2) is 55.7 Å². The second-order valence-electron chi connectivity index (χ2n) is 7.32. The maximum absolute atomic E-state index is 13.0. The van der Waals surface area contributed by atoms with Crippen molar-refractivity contribution < 1.29 is 19.8 Å². The molecule has 2 aliphatic rings. The lowest BCUT2D eigenvalue weighted by molar-refractivity contribution is -0.0140. The van der Waals surface area contributed by atoms with Gasteiger partial charge in [0.1, 0.15) is 11.7 Å². The van der Waals surface area contributed by atoms with Gasteiger partial charge in [0.05, 0.1) is 6.54 Å². The van der Waals surface area contributed by atoms with Crippen molar-refractivity contribution in [3.63, 3.8) is 0 Å². The number of aromatic hydroxyl groups is 1. The first-order chi connectivity index (χ1) is 13.4. The number of hydrogen-bond donors (Lipinski definition) is 2. The summed E-state index contributed by atoms with van der Waals surface area (Å²) in [4.78, 5) is 40.2. The lowest BCUT2D eigenvalue weighted by atomic mass is 10.1. The molecule has 1 unspecified atom stereocenters. The topological polar surface area (TPSA) is 103 Å². The Hall–Kier alpha value is -3.13. The van der Waals surface area contributed by atoms with Crippen molar-refractivity contribution in [2.75, 3.05) is 13.1 Å². The van der Waals surface area contributed by atoms with Crippen molar-refractivity contribution in [3.8, 4) is 5.75 Å². The maximum atomic E-state index is 13.0. The minimum Gasteiger partial charge on any atom is -0.503 e. The molecule has 3 heterocycles. The lowest BCUT2D eigenvalue weighted by Gasteiger charge is -2.47. The van der Waals surface area contributed by atoms with Crippen LogP contribution in [0.2, 0.25) is 0 Å². The zero-order valence-corrected chi connectivity index (χ0v) is 15.5. The van der Waals surface area contributed by atoms with Gasteiger partial charge in [0, 0.05) is 25.8 Å². The number of carboxylic acids is 1. The Morgan fingerprint density at radius 1 is 1.18 bits per heavy atom. The van der Waals surface area contributed by atoms with Gasteiger partial charge in [0.2, 0.25) is 5.43 Å². The summed E-state index contributed by atoms with van der Waals surface area (Å²) in [5.41, 5.74) is 0.594.